The zero-order chi connectivity index (χ0) is 12.3. The van der Waals surface area contributed by atoms with Crippen LogP contribution in [0.1, 0.15) is 0 Å². The maximum atomic E-state index is 5.61. The highest BCUT2D eigenvalue weighted by Gasteiger charge is 2.03. The summed E-state index contributed by atoms with van der Waals surface area (Å²) in [5.74, 6) is 1.26. The van der Waals surface area contributed by atoms with Crippen LogP contribution in [0.25, 0.3) is 0 Å². The molecule has 88 valence electrons. The van der Waals surface area contributed by atoms with Crippen molar-refractivity contribution in [3.63, 3.8) is 0 Å². The van der Waals surface area contributed by atoms with Gasteiger partial charge in [-0.2, -0.15) is 0 Å². The Kier molecular flexibility index (Phi) is 3.43. The number of ether oxygens (including phenoxy) is 1. The molecule has 2 rings (SSSR count). The number of halogens is 1. The van der Waals surface area contributed by atoms with Crippen LogP contribution in [-0.4, -0.2) is 17.1 Å². The monoisotopic (exact) mass is 294 g/mol. The summed E-state index contributed by atoms with van der Waals surface area (Å²) in [6.07, 6.45) is 3.26. The summed E-state index contributed by atoms with van der Waals surface area (Å²) in [4.78, 5) is 8.26. The van der Waals surface area contributed by atoms with Crippen LogP contribution in [0.4, 0.5) is 17.2 Å². The van der Waals surface area contributed by atoms with Crippen molar-refractivity contribution < 1.29 is 4.74 Å². The van der Waals surface area contributed by atoms with Crippen LogP contribution in [0.5, 0.6) is 5.88 Å². The fourth-order valence-corrected chi connectivity index (χ4v) is 1.72. The van der Waals surface area contributed by atoms with Gasteiger partial charge in [0.25, 0.3) is 0 Å². The van der Waals surface area contributed by atoms with Crippen LogP contribution in [0, 0.1) is 0 Å². The van der Waals surface area contributed by atoms with E-state index in [0.717, 1.165) is 10.2 Å². The molecule has 0 aromatic carbocycles. The van der Waals surface area contributed by atoms with Gasteiger partial charge in [-0.05, 0) is 28.1 Å². The summed E-state index contributed by atoms with van der Waals surface area (Å²) < 4.78 is 5.78. The number of hydrogen-bond donors (Lipinski definition) is 2. The fraction of sp³-hybridized carbons (Fsp3) is 0.0909. The summed E-state index contributed by atoms with van der Waals surface area (Å²) >= 11 is 3.38. The Morgan fingerprint density at radius 2 is 2.12 bits per heavy atom. The molecule has 0 unspecified atom stereocenters. The first-order valence-electron chi connectivity index (χ1n) is 4.87. The molecule has 0 atom stereocenters. The molecule has 3 N–H and O–H groups in total. The van der Waals surface area contributed by atoms with E-state index in [0.29, 0.717) is 17.4 Å². The minimum atomic E-state index is 0.569. The second kappa shape index (κ2) is 5.01. The molecule has 0 bridgehead atoms. The Hall–Kier alpha value is -1.82. The van der Waals surface area contributed by atoms with Gasteiger partial charge in [0.05, 0.1) is 35.4 Å². The Bertz CT molecular complexity index is 515. The minimum Gasteiger partial charge on any atom is -0.481 e. The molecule has 0 aliphatic carbocycles. The van der Waals surface area contributed by atoms with Gasteiger partial charge in [-0.3, -0.25) is 0 Å². The molecule has 0 saturated carbocycles. The van der Waals surface area contributed by atoms with E-state index in [-0.39, 0.29) is 0 Å². The van der Waals surface area contributed by atoms with Crippen LogP contribution >= 0.6 is 15.9 Å². The Morgan fingerprint density at radius 3 is 2.71 bits per heavy atom. The summed E-state index contributed by atoms with van der Waals surface area (Å²) in [6, 6.07) is 5.41. The van der Waals surface area contributed by atoms with Gasteiger partial charge in [0.15, 0.2) is 0 Å². The van der Waals surface area contributed by atoms with E-state index in [1.54, 1.807) is 31.6 Å². The Labute approximate surface area is 107 Å². The van der Waals surface area contributed by atoms with Crippen LogP contribution in [0.2, 0.25) is 0 Å². The molecule has 0 amide bonds. The molecule has 0 radical (unpaired) electrons. The standard InChI is InChI=1S/C11H11BrN4O/c1-17-10-3-2-8(6-14-10)16-11-9(12)4-7(13)5-15-11/h2-6H,13H2,1H3,(H,15,16). The van der Waals surface area contributed by atoms with Crippen LogP contribution < -0.4 is 15.8 Å². The highest BCUT2D eigenvalue weighted by molar-refractivity contribution is 9.10. The van der Waals surface area contributed by atoms with Crippen molar-refractivity contribution in [3.05, 3.63) is 35.1 Å². The summed E-state index contributed by atoms with van der Waals surface area (Å²) in [6.45, 7) is 0. The van der Waals surface area contributed by atoms with E-state index < -0.39 is 0 Å². The number of methoxy groups -OCH3 is 1. The molecular formula is C11H11BrN4O. The van der Waals surface area contributed by atoms with Crippen molar-refractivity contribution in [2.24, 2.45) is 0 Å². The number of aromatic nitrogens is 2. The van der Waals surface area contributed by atoms with Crippen molar-refractivity contribution in [1.82, 2.24) is 9.97 Å². The average molecular weight is 295 g/mol. The second-order valence-electron chi connectivity index (χ2n) is 3.31. The third-order valence-corrected chi connectivity index (χ3v) is 2.68. The molecule has 0 fully saturated rings. The number of nitrogens with one attached hydrogen (secondary N) is 1. The van der Waals surface area contributed by atoms with Crippen molar-refractivity contribution in [2.45, 2.75) is 0 Å². The first kappa shape index (κ1) is 11.7. The first-order valence-corrected chi connectivity index (χ1v) is 5.66. The van der Waals surface area contributed by atoms with E-state index in [1.807, 2.05) is 6.07 Å². The van der Waals surface area contributed by atoms with Gasteiger partial charge >= 0.3 is 0 Å². The highest BCUT2D eigenvalue weighted by Crippen LogP contribution is 2.25. The zero-order valence-electron chi connectivity index (χ0n) is 9.14. The molecule has 2 heterocycles. The van der Waals surface area contributed by atoms with Gasteiger partial charge in [-0.15, -0.1) is 0 Å². The molecular weight excluding hydrogens is 284 g/mol. The SMILES string of the molecule is COc1ccc(Nc2ncc(N)cc2Br)cn1. The van der Waals surface area contributed by atoms with E-state index in [9.17, 15) is 0 Å². The fourth-order valence-electron chi connectivity index (χ4n) is 1.26. The topological polar surface area (TPSA) is 73.1 Å². The molecule has 0 saturated heterocycles. The van der Waals surface area contributed by atoms with Crippen LogP contribution in [-0.2, 0) is 0 Å². The summed E-state index contributed by atoms with van der Waals surface area (Å²) in [7, 11) is 1.58. The average Bonchev–Trinajstić information content (AvgIpc) is 2.34. The Morgan fingerprint density at radius 1 is 1.29 bits per heavy atom. The van der Waals surface area contributed by atoms with Crippen molar-refractivity contribution in [1.29, 1.82) is 0 Å². The predicted molar refractivity (Wildman–Crippen MR) is 70.4 cm³/mol. The molecule has 17 heavy (non-hydrogen) atoms. The quantitative estimate of drug-likeness (QED) is 0.910. The van der Waals surface area contributed by atoms with Gasteiger partial charge in [0.1, 0.15) is 5.82 Å². The number of nitrogens with two attached hydrogens (primary N) is 1. The van der Waals surface area contributed by atoms with Crippen molar-refractivity contribution in [3.8, 4) is 5.88 Å². The van der Waals surface area contributed by atoms with Crippen molar-refractivity contribution in [2.75, 3.05) is 18.2 Å². The largest absolute Gasteiger partial charge is 0.481 e. The van der Waals surface area contributed by atoms with E-state index in [4.69, 9.17) is 10.5 Å². The number of hydrogen-bond acceptors (Lipinski definition) is 5. The number of nitrogens with zero attached hydrogens (tertiary/aromatic N) is 2. The normalized spacial score (nSPS) is 10.0. The summed E-state index contributed by atoms with van der Waals surface area (Å²) in [5, 5.41) is 3.12. The smallest absolute Gasteiger partial charge is 0.213 e. The maximum absolute atomic E-state index is 5.61. The molecule has 6 heteroatoms. The van der Waals surface area contributed by atoms with Gasteiger partial charge in [0, 0.05) is 6.07 Å². The van der Waals surface area contributed by atoms with Crippen molar-refractivity contribution >= 4 is 33.1 Å². The van der Waals surface area contributed by atoms with Gasteiger partial charge < -0.3 is 15.8 Å². The molecule has 5 nitrogen and oxygen atoms in total. The number of pyridine rings is 2. The molecule has 2 aromatic rings. The molecule has 0 aliphatic heterocycles. The Balaban J connectivity index is 2.19. The first-order chi connectivity index (χ1) is 8.19. The van der Waals surface area contributed by atoms with Gasteiger partial charge in [-0.1, -0.05) is 0 Å². The highest BCUT2D eigenvalue weighted by atomic mass is 79.9. The maximum Gasteiger partial charge on any atom is 0.213 e. The zero-order valence-corrected chi connectivity index (χ0v) is 10.7. The summed E-state index contributed by atoms with van der Waals surface area (Å²) in [5.41, 5.74) is 7.04. The van der Waals surface area contributed by atoms with E-state index in [1.165, 1.54) is 0 Å². The van der Waals surface area contributed by atoms with Crippen LogP contribution in [0.3, 0.4) is 0 Å². The van der Waals surface area contributed by atoms with Gasteiger partial charge in [-0.25, -0.2) is 9.97 Å². The van der Waals surface area contributed by atoms with Gasteiger partial charge in [0.2, 0.25) is 5.88 Å². The molecule has 0 aliphatic rings. The molecule has 0 spiro atoms. The minimum absolute atomic E-state index is 0.569. The lowest BCUT2D eigenvalue weighted by Crippen LogP contribution is -1.97. The third-order valence-electron chi connectivity index (χ3n) is 2.07. The lowest BCUT2D eigenvalue weighted by Gasteiger charge is -2.08. The number of anilines is 3. The second-order valence-corrected chi connectivity index (χ2v) is 4.17. The third kappa shape index (κ3) is 2.85. The predicted octanol–water partition coefficient (Wildman–Crippen LogP) is 2.57. The lowest BCUT2D eigenvalue weighted by atomic mass is 10.4. The number of nitrogen functional groups attached to an aromatic ring is 1. The van der Waals surface area contributed by atoms with Crippen LogP contribution in [0.15, 0.2) is 35.1 Å². The molecule has 2 aromatic heterocycles. The lowest BCUT2D eigenvalue weighted by molar-refractivity contribution is 0.398. The number of rotatable bonds is 3. The van der Waals surface area contributed by atoms with E-state index in [2.05, 4.69) is 31.2 Å². The van der Waals surface area contributed by atoms with E-state index >= 15 is 0 Å².